The van der Waals surface area contributed by atoms with E-state index in [0.29, 0.717) is 6.10 Å². The van der Waals surface area contributed by atoms with Crippen LogP contribution in [0.3, 0.4) is 0 Å². The molecule has 1 unspecified atom stereocenters. The number of hydrogen-bond acceptors (Lipinski definition) is 2. The number of H-pyrrole nitrogens is 1. The molecule has 17 heavy (non-hydrogen) atoms. The Kier molecular flexibility index (Phi) is 3.23. The van der Waals surface area contributed by atoms with Crippen molar-refractivity contribution in [2.45, 2.75) is 25.5 Å². The lowest BCUT2D eigenvalue weighted by Gasteiger charge is -2.10. The van der Waals surface area contributed by atoms with Crippen LogP contribution in [0.5, 0.6) is 0 Å². The fourth-order valence-corrected chi connectivity index (χ4v) is 3.08. The van der Waals surface area contributed by atoms with E-state index in [2.05, 4.69) is 50.3 Å². The molecule has 1 aromatic carbocycles. The molecule has 1 atom stereocenters. The fourth-order valence-electron chi connectivity index (χ4n) is 2.31. The second-order valence-electron chi connectivity index (χ2n) is 4.34. The molecule has 2 heterocycles. The topological polar surface area (TPSA) is 29.9 Å². The Labute approximate surface area is 118 Å². The first-order valence-electron chi connectivity index (χ1n) is 5.74. The molecule has 1 saturated heterocycles. The van der Waals surface area contributed by atoms with E-state index in [0.717, 1.165) is 36.3 Å². The zero-order chi connectivity index (χ0) is 11.8. The number of hydrogen-bond donors (Lipinski definition) is 1. The van der Waals surface area contributed by atoms with Gasteiger partial charge in [0.15, 0.2) is 4.77 Å². The lowest BCUT2D eigenvalue weighted by atomic mass is 10.2. The van der Waals surface area contributed by atoms with Gasteiger partial charge in [-0.2, -0.15) is 0 Å². The number of rotatable bonds is 2. The van der Waals surface area contributed by atoms with E-state index >= 15 is 0 Å². The van der Waals surface area contributed by atoms with Gasteiger partial charge in [0, 0.05) is 10.2 Å². The third-order valence-corrected chi connectivity index (χ3v) is 4.14. The Bertz CT molecular complexity index is 598. The summed E-state index contributed by atoms with van der Waals surface area (Å²) in [5, 5.41) is 0. The number of nitrogens with one attached hydrogen (secondary N) is 1. The van der Waals surface area contributed by atoms with Crippen molar-refractivity contribution in [1.29, 1.82) is 0 Å². The summed E-state index contributed by atoms with van der Waals surface area (Å²) in [5.41, 5.74) is 2.28. The van der Waals surface area contributed by atoms with Crippen molar-refractivity contribution >= 4 is 45.8 Å². The van der Waals surface area contributed by atoms with E-state index in [1.165, 1.54) is 9.09 Å². The van der Waals surface area contributed by atoms with Crippen LogP contribution in [-0.4, -0.2) is 22.3 Å². The van der Waals surface area contributed by atoms with E-state index in [-0.39, 0.29) is 0 Å². The smallest absolute Gasteiger partial charge is 0.178 e. The summed E-state index contributed by atoms with van der Waals surface area (Å²) < 4.78 is 9.83. The van der Waals surface area contributed by atoms with Crippen LogP contribution in [0, 0.1) is 8.34 Å². The molecule has 3 nitrogen and oxygen atoms in total. The van der Waals surface area contributed by atoms with Gasteiger partial charge >= 0.3 is 0 Å². The summed E-state index contributed by atoms with van der Waals surface area (Å²) in [7, 11) is 0. The SMILES string of the molecule is S=c1[nH]c2cc(I)ccc2n1CC1CCCO1. The van der Waals surface area contributed by atoms with Gasteiger partial charge in [-0.3, -0.25) is 0 Å². The minimum atomic E-state index is 0.319. The molecule has 0 bridgehead atoms. The number of benzene rings is 1. The van der Waals surface area contributed by atoms with Crippen LogP contribution < -0.4 is 0 Å². The Morgan fingerprint density at radius 1 is 1.53 bits per heavy atom. The Balaban J connectivity index is 2.02. The van der Waals surface area contributed by atoms with Crippen molar-refractivity contribution in [3.63, 3.8) is 0 Å². The summed E-state index contributed by atoms with van der Waals surface area (Å²) in [5.74, 6) is 0. The van der Waals surface area contributed by atoms with Gasteiger partial charge in [0.2, 0.25) is 0 Å². The highest BCUT2D eigenvalue weighted by Crippen LogP contribution is 2.20. The normalized spacial score (nSPS) is 20.2. The fraction of sp³-hybridized carbons (Fsp3) is 0.417. The monoisotopic (exact) mass is 360 g/mol. The predicted molar refractivity (Wildman–Crippen MR) is 78.8 cm³/mol. The average Bonchev–Trinajstić information content (AvgIpc) is 2.88. The van der Waals surface area contributed by atoms with Gasteiger partial charge in [0.1, 0.15) is 0 Å². The van der Waals surface area contributed by atoms with Crippen molar-refractivity contribution in [3.8, 4) is 0 Å². The van der Waals surface area contributed by atoms with E-state index in [1.54, 1.807) is 0 Å². The molecule has 3 rings (SSSR count). The molecule has 2 aromatic rings. The van der Waals surface area contributed by atoms with E-state index in [4.69, 9.17) is 17.0 Å². The molecule has 0 spiro atoms. The van der Waals surface area contributed by atoms with Crippen molar-refractivity contribution < 1.29 is 4.74 Å². The number of fused-ring (bicyclic) bond motifs is 1. The first-order chi connectivity index (χ1) is 8.24. The quantitative estimate of drug-likeness (QED) is 0.657. The number of imidazole rings is 1. The maximum Gasteiger partial charge on any atom is 0.178 e. The predicted octanol–water partition coefficient (Wildman–Crippen LogP) is 3.48. The van der Waals surface area contributed by atoms with E-state index < -0.39 is 0 Å². The molecule has 1 aliphatic rings. The summed E-state index contributed by atoms with van der Waals surface area (Å²) >= 11 is 7.69. The standard InChI is InChI=1S/C12H13IN2OS/c13-8-3-4-11-10(6-8)14-12(17)15(11)7-9-2-1-5-16-9/h3-4,6,9H,1-2,5,7H2,(H,14,17). The maximum absolute atomic E-state index is 5.67. The summed E-state index contributed by atoms with van der Waals surface area (Å²) in [4.78, 5) is 3.26. The lowest BCUT2D eigenvalue weighted by Crippen LogP contribution is -2.14. The van der Waals surface area contributed by atoms with Gasteiger partial charge in [-0.15, -0.1) is 0 Å². The van der Waals surface area contributed by atoms with Gasteiger partial charge in [0.25, 0.3) is 0 Å². The Hall–Kier alpha value is -0.400. The number of halogens is 1. The van der Waals surface area contributed by atoms with Crippen molar-refractivity contribution in [3.05, 3.63) is 26.5 Å². The molecule has 5 heteroatoms. The van der Waals surface area contributed by atoms with Crippen molar-refractivity contribution in [2.24, 2.45) is 0 Å². The molecule has 90 valence electrons. The van der Waals surface area contributed by atoms with Crippen LogP contribution in [-0.2, 0) is 11.3 Å². The van der Waals surface area contributed by atoms with Crippen molar-refractivity contribution in [1.82, 2.24) is 9.55 Å². The number of ether oxygens (including phenoxy) is 1. The summed E-state index contributed by atoms with van der Waals surface area (Å²) in [6.45, 7) is 1.75. The van der Waals surface area contributed by atoms with E-state index in [1.807, 2.05) is 0 Å². The second kappa shape index (κ2) is 4.70. The lowest BCUT2D eigenvalue weighted by molar-refractivity contribution is 0.0976. The summed E-state index contributed by atoms with van der Waals surface area (Å²) in [6, 6.07) is 6.35. The molecule has 1 fully saturated rings. The maximum atomic E-state index is 5.67. The molecule has 0 amide bonds. The van der Waals surface area contributed by atoms with Crippen LogP contribution in [0.25, 0.3) is 11.0 Å². The first kappa shape index (κ1) is 11.7. The van der Waals surface area contributed by atoms with Crippen LogP contribution >= 0.6 is 34.8 Å². The molecule has 1 aliphatic heterocycles. The number of aromatic nitrogens is 2. The van der Waals surface area contributed by atoms with Gasteiger partial charge < -0.3 is 14.3 Å². The number of nitrogens with zero attached hydrogens (tertiary/aromatic N) is 1. The van der Waals surface area contributed by atoms with Gasteiger partial charge in [-0.25, -0.2) is 0 Å². The second-order valence-corrected chi connectivity index (χ2v) is 5.97. The molecule has 1 aromatic heterocycles. The molecule has 0 aliphatic carbocycles. The first-order valence-corrected chi connectivity index (χ1v) is 7.22. The highest BCUT2D eigenvalue weighted by molar-refractivity contribution is 14.1. The van der Waals surface area contributed by atoms with Crippen LogP contribution in [0.4, 0.5) is 0 Å². The van der Waals surface area contributed by atoms with Gasteiger partial charge in [-0.05, 0) is 65.8 Å². The van der Waals surface area contributed by atoms with Crippen LogP contribution in [0.15, 0.2) is 18.2 Å². The molecular formula is C12H13IN2OS. The largest absolute Gasteiger partial charge is 0.376 e. The zero-order valence-corrected chi connectivity index (χ0v) is 12.3. The average molecular weight is 360 g/mol. The Morgan fingerprint density at radius 2 is 2.41 bits per heavy atom. The summed E-state index contributed by atoms with van der Waals surface area (Å²) in [6.07, 6.45) is 2.62. The molecular weight excluding hydrogens is 347 g/mol. The Morgan fingerprint density at radius 3 is 3.18 bits per heavy atom. The third-order valence-electron chi connectivity index (χ3n) is 3.15. The zero-order valence-electron chi connectivity index (χ0n) is 9.28. The van der Waals surface area contributed by atoms with E-state index in [9.17, 15) is 0 Å². The van der Waals surface area contributed by atoms with Crippen LogP contribution in [0.1, 0.15) is 12.8 Å². The minimum absolute atomic E-state index is 0.319. The third kappa shape index (κ3) is 2.28. The molecule has 0 radical (unpaired) electrons. The van der Waals surface area contributed by atoms with Crippen molar-refractivity contribution in [2.75, 3.05) is 6.61 Å². The van der Waals surface area contributed by atoms with Gasteiger partial charge in [0.05, 0.1) is 23.7 Å². The van der Waals surface area contributed by atoms with Crippen LogP contribution in [0.2, 0.25) is 0 Å². The highest BCUT2D eigenvalue weighted by atomic mass is 127. The highest BCUT2D eigenvalue weighted by Gasteiger charge is 2.17. The molecule has 1 N–H and O–H groups in total. The molecule has 0 saturated carbocycles. The number of aromatic amines is 1. The van der Waals surface area contributed by atoms with Gasteiger partial charge in [-0.1, -0.05) is 0 Å². The minimum Gasteiger partial charge on any atom is -0.376 e.